The highest BCUT2D eigenvalue weighted by Gasteiger charge is 2.47. The van der Waals surface area contributed by atoms with Crippen LogP contribution in [-0.2, 0) is 9.59 Å². The zero-order chi connectivity index (χ0) is 14.1. The van der Waals surface area contributed by atoms with E-state index in [1.54, 1.807) is 24.3 Å². The minimum Gasteiger partial charge on any atom is -0.482 e. The van der Waals surface area contributed by atoms with Gasteiger partial charge in [-0.2, -0.15) is 0 Å². The summed E-state index contributed by atoms with van der Waals surface area (Å²) in [6.07, 6.45) is 3.35. The first kappa shape index (κ1) is 13.0. The fourth-order valence-electron chi connectivity index (χ4n) is 2.95. The molecule has 2 N–H and O–H groups in total. The number of aliphatic carboxylic acids is 1. The van der Waals surface area contributed by atoms with Gasteiger partial charge in [-0.05, 0) is 55.4 Å². The molecule has 20 heavy (non-hydrogen) atoms. The Labute approximate surface area is 116 Å². The summed E-state index contributed by atoms with van der Waals surface area (Å²) in [6.45, 7) is -0.365. The number of nitrogens with one attached hydrogen (secondary N) is 1. The molecule has 2 atom stereocenters. The Bertz CT molecular complexity index is 515. The lowest BCUT2D eigenvalue weighted by Crippen LogP contribution is -2.21. The molecule has 2 fully saturated rings. The van der Waals surface area contributed by atoms with E-state index >= 15 is 0 Å². The number of carbonyl (C=O) groups is 2. The van der Waals surface area contributed by atoms with Crippen LogP contribution in [0.15, 0.2) is 24.3 Å². The van der Waals surface area contributed by atoms with E-state index in [-0.39, 0.29) is 18.4 Å². The van der Waals surface area contributed by atoms with Crippen LogP contribution < -0.4 is 10.1 Å². The standard InChI is InChI=1S/C15H17NO4/c17-14(18)8-20-13-3-1-12(2-4-13)16-15(19)11-6-9-5-10(9)7-11/h1-4,9-11H,5-8H2,(H,16,19)(H,17,18). The highest BCUT2D eigenvalue weighted by atomic mass is 16.5. The van der Waals surface area contributed by atoms with Crippen molar-refractivity contribution >= 4 is 17.6 Å². The largest absolute Gasteiger partial charge is 0.482 e. The second kappa shape index (κ2) is 5.15. The molecule has 2 saturated carbocycles. The van der Waals surface area contributed by atoms with Crippen molar-refractivity contribution in [3.63, 3.8) is 0 Å². The van der Waals surface area contributed by atoms with Crippen molar-refractivity contribution in [1.82, 2.24) is 0 Å². The summed E-state index contributed by atoms with van der Waals surface area (Å²) in [6, 6.07) is 6.77. The molecule has 0 aromatic heterocycles. The first-order valence-electron chi connectivity index (χ1n) is 6.87. The van der Waals surface area contributed by atoms with Crippen LogP contribution in [0.5, 0.6) is 5.75 Å². The van der Waals surface area contributed by atoms with E-state index < -0.39 is 5.97 Å². The number of hydrogen-bond donors (Lipinski definition) is 2. The van der Waals surface area contributed by atoms with E-state index in [9.17, 15) is 9.59 Å². The van der Waals surface area contributed by atoms with Crippen molar-refractivity contribution in [2.75, 3.05) is 11.9 Å². The predicted octanol–water partition coefficient (Wildman–Crippen LogP) is 2.13. The molecule has 1 aromatic carbocycles. The van der Waals surface area contributed by atoms with Crippen LogP contribution in [0.1, 0.15) is 19.3 Å². The SMILES string of the molecule is O=C(O)COc1ccc(NC(=O)C2CC3CC3C2)cc1. The molecule has 2 aliphatic carbocycles. The van der Waals surface area contributed by atoms with Gasteiger partial charge in [0.2, 0.25) is 5.91 Å². The Balaban J connectivity index is 1.52. The van der Waals surface area contributed by atoms with Gasteiger partial charge in [-0.25, -0.2) is 4.79 Å². The lowest BCUT2D eigenvalue weighted by molar-refractivity contribution is -0.139. The topological polar surface area (TPSA) is 75.6 Å². The number of carboxylic acids is 1. The summed E-state index contributed by atoms with van der Waals surface area (Å²) in [4.78, 5) is 22.4. The van der Waals surface area contributed by atoms with E-state index in [0.717, 1.165) is 30.4 Å². The molecule has 1 amide bonds. The number of hydrogen-bond acceptors (Lipinski definition) is 3. The Morgan fingerprint density at radius 1 is 1.15 bits per heavy atom. The summed E-state index contributed by atoms with van der Waals surface area (Å²) >= 11 is 0. The molecule has 3 rings (SSSR count). The van der Waals surface area contributed by atoms with E-state index in [1.165, 1.54) is 6.42 Å². The van der Waals surface area contributed by atoms with Crippen LogP contribution in [0.25, 0.3) is 0 Å². The average molecular weight is 275 g/mol. The summed E-state index contributed by atoms with van der Waals surface area (Å²) < 4.78 is 5.03. The molecule has 106 valence electrons. The Morgan fingerprint density at radius 2 is 1.80 bits per heavy atom. The lowest BCUT2D eigenvalue weighted by Gasteiger charge is -2.12. The average Bonchev–Trinajstić information content (AvgIpc) is 3.04. The van der Waals surface area contributed by atoms with Crippen molar-refractivity contribution in [3.8, 4) is 5.75 Å². The summed E-state index contributed by atoms with van der Waals surface area (Å²) in [5, 5.41) is 11.4. The maximum absolute atomic E-state index is 12.1. The van der Waals surface area contributed by atoms with Crippen molar-refractivity contribution in [1.29, 1.82) is 0 Å². The van der Waals surface area contributed by atoms with Crippen molar-refractivity contribution in [2.45, 2.75) is 19.3 Å². The van der Waals surface area contributed by atoms with Crippen LogP contribution in [0.3, 0.4) is 0 Å². The Kier molecular flexibility index (Phi) is 3.34. The fourth-order valence-corrected chi connectivity index (χ4v) is 2.95. The number of fused-ring (bicyclic) bond motifs is 1. The second-order valence-corrected chi connectivity index (χ2v) is 5.62. The van der Waals surface area contributed by atoms with Gasteiger partial charge in [-0.1, -0.05) is 0 Å². The highest BCUT2D eigenvalue weighted by Crippen LogP contribution is 2.54. The number of benzene rings is 1. The van der Waals surface area contributed by atoms with Gasteiger partial charge >= 0.3 is 5.97 Å². The maximum atomic E-state index is 12.1. The number of carboxylic acid groups (broad SMARTS) is 1. The van der Waals surface area contributed by atoms with Crippen LogP contribution in [0, 0.1) is 17.8 Å². The van der Waals surface area contributed by atoms with E-state index in [4.69, 9.17) is 9.84 Å². The van der Waals surface area contributed by atoms with Gasteiger partial charge in [0.15, 0.2) is 6.61 Å². The lowest BCUT2D eigenvalue weighted by atomic mass is 10.0. The molecule has 5 nitrogen and oxygen atoms in total. The smallest absolute Gasteiger partial charge is 0.341 e. The van der Waals surface area contributed by atoms with Gasteiger partial charge in [0, 0.05) is 11.6 Å². The van der Waals surface area contributed by atoms with Crippen LogP contribution in [-0.4, -0.2) is 23.6 Å². The highest BCUT2D eigenvalue weighted by molar-refractivity contribution is 5.92. The monoisotopic (exact) mass is 275 g/mol. The summed E-state index contributed by atoms with van der Waals surface area (Å²) in [5.74, 6) is 1.29. The minimum atomic E-state index is -1.01. The molecular formula is C15H17NO4. The zero-order valence-electron chi connectivity index (χ0n) is 11.0. The van der Waals surface area contributed by atoms with Crippen molar-refractivity contribution in [3.05, 3.63) is 24.3 Å². The molecular weight excluding hydrogens is 258 g/mol. The minimum absolute atomic E-state index is 0.0939. The van der Waals surface area contributed by atoms with Crippen LogP contribution in [0.4, 0.5) is 5.69 Å². The molecule has 0 heterocycles. The molecule has 2 aliphatic rings. The van der Waals surface area contributed by atoms with Crippen LogP contribution in [0.2, 0.25) is 0 Å². The zero-order valence-corrected chi connectivity index (χ0v) is 11.0. The third kappa shape index (κ3) is 2.92. The van der Waals surface area contributed by atoms with Crippen molar-refractivity contribution < 1.29 is 19.4 Å². The van der Waals surface area contributed by atoms with E-state index in [1.807, 2.05) is 0 Å². The Morgan fingerprint density at radius 3 is 2.40 bits per heavy atom. The molecule has 0 aliphatic heterocycles. The van der Waals surface area contributed by atoms with Gasteiger partial charge in [0.1, 0.15) is 5.75 Å². The number of anilines is 1. The van der Waals surface area contributed by atoms with Crippen LogP contribution >= 0.6 is 0 Å². The summed E-state index contributed by atoms with van der Waals surface area (Å²) in [5.41, 5.74) is 0.721. The predicted molar refractivity (Wildman–Crippen MR) is 72.5 cm³/mol. The van der Waals surface area contributed by atoms with Gasteiger partial charge in [0.25, 0.3) is 0 Å². The first-order chi connectivity index (χ1) is 9.61. The molecule has 0 saturated heterocycles. The number of ether oxygens (including phenoxy) is 1. The van der Waals surface area contributed by atoms with Crippen molar-refractivity contribution in [2.24, 2.45) is 17.8 Å². The molecule has 2 unspecified atom stereocenters. The number of rotatable bonds is 5. The van der Waals surface area contributed by atoms with E-state index in [0.29, 0.717) is 5.75 Å². The molecule has 0 spiro atoms. The first-order valence-corrected chi connectivity index (χ1v) is 6.87. The van der Waals surface area contributed by atoms with Gasteiger partial charge < -0.3 is 15.2 Å². The second-order valence-electron chi connectivity index (χ2n) is 5.62. The summed E-state index contributed by atoms with van der Waals surface area (Å²) in [7, 11) is 0. The number of amides is 1. The van der Waals surface area contributed by atoms with E-state index in [2.05, 4.69) is 5.32 Å². The van der Waals surface area contributed by atoms with Gasteiger partial charge in [-0.3, -0.25) is 4.79 Å². The van der Waals surface area contributed by atoms with Gasteiger partial charge in [-0.15, -0.1) is 0 Å². The Hall–Kier alpha value is -2.04. The molecule has 5 heteroatoms. The fraction of sp³-hybridized carbons (Fsp3) is 0.467. The molecule has 0 radical (unpaired) electrons. The maximum Gasteiger partial charge on any atom is 0.341 e. The molecule has 0 bridgehead atoms. The third-order valence-corrected chi connectivity index (χ3v) is 4.10. The molecule has 1 aromatic rings. The normalized spacial score (nSPS) is 26.7. The third-order valence-electron chi connectivity index (χ3n) is 4.10. The quantitative estimate of drug-likeness (QED) is 0.863. The number of carbonyl (C=O) groups excluding carboxylic acids is 1. The van der Waals surface area contributed by atoms with Gasteiger partial charge in [0.05, 0.1) is 0 Å².